The zero-order valence-electron chi connectivity index (χ0n) is 10.4. The molecule has 100 valence electrons. The van der Waals surface area contributed by atoms with Crippen molar-refractivity contribution in [3.63, 3.8) is 0 Å². The van der Waals surface area contributed by atoms with Gasteiger partial charge in [-0.15, -0.1) is 0 Å². The van der Waals surface area contributed by atoms with Crippen LogP contribution in [-0.2, 0) is 4.79 Å². The number of pyridine rings is 1. The first-order valence-corrected chi connectivity index (χ1v) is 6.53. The van der Waals surface area contributed by atoms with Crippen molar-refractivity contribution in [2.75, 3.05) is 12.9 Å². The summed E-state index contributed by atoms with van der Waals surface area (Å²) in [6.07, 6.45) is -0.146. The van der Waals surface area contributed by atoms with Crippen LogP contribution < -0.4 is 4.74 Å². The number of thioether (sulfide) groups is 1. The predicted molar refractivity (Wildman–Crippen MR) is 69.5 cm³/mol. The van der Waals surface area contributed by atoms with Crippen LogP contribution in [-0.4, -0.2) is 39.3 Å². The van der Waals surface area contributed by atoms with Gasteiger partial charge in [0.1, 0.15) is 6.10 Å². The van der Waals surface area contributed by atoms with Crippen molar-refractivity contribution in [2.45, 2.75) is 25.6 Å². The number of aliphatic hydroxyl groups is 2. The lowest BCUT2D eigenvalue weighted by molar-refractivity contribution is -0.109. The van der Waals surface area contributed by atoms with E-state index < -0.39 is 12.2 Å². The van der Waals surface area contributed by atoms with E-state index in [9.17, 15) is 15.0 Å². The third-order valence-electron chi connectivity index (χ3n) is 2.40. The fraction of sp³-hybridized carbons (Fsp3) is 0.500. The molecule has 1 rings (SSSR count). The maximum absolute atomic E-state index is 10.8. The third kappa shape index (κ3) is 4.29. The molecule has 0 spiro atoms. The van der Waals surface area contributed by atoms with Crippen LogP contribution in [0.3, 0.4) is 0 Å². The van der Waals surface area contributed by atoms with Gasteiger partial charge in [0.2, 0.25) is 5.88 Å². The molecule has 0 amide bonds. The van der Waals surface area contributed by atoms with Gasteiger partial charge in [-0.1, -0.05) is 11.8 Å². The molecular formula is C12H17NO4S. The first kappa shape index (κ1) is 14.9. The van der Waals surface area contributed by atoms with Gasteiger partial charge in [0.25, 0.3) is 0 Å². The Kier molecular flexibility index (Phi) is 6.11. The van der Waals surface area contributed by atoms with Crippen LogP contribution >= 0.6 is 11.8 Å². The molecule has 0 radical (unpaired) electrons. The summed E-state index contributed by atoms with van der Waals surface area (Å²) in [5, 5.41) is 19.8. The summed E-state index contributed by atoms with van der Waals surface area (Å²) in [7, 11) is 1.45. The Hall–Kier alpha value is -1.11. The minimum atomic E-state index is -1.07. The topological polar surface area (TPSA) is 79.7 Å². The molecule has 2 unspecified atom stereocenters. The first-order valence-electron chi connectivity index (χ1n) is 5.54. The van der Waals surface area contributed by atoms with Gasteiger partial charge in [0, 0.05) is 24.4 Å². The van der Waals surface area contributed by atoms with Gasteiger partial charge < -0.3 is 14.9 Å². The SMILES string of the molecule is COc1ncccc1C(O)C(O)CCSC(C)=O. The van der Waals surface area contributed by atoms with E-state index in [4.69, 9.17) is 4.74 Å². The zero-order valence-corrected chi connectivity index (χ0v) is 11.2. The number of aromatic nitrogens is 1. The molecule has 2 N–H and O–H groups in total. The molecule has 0 bridgehead atoms. The Balaban J connectivity index is 2.62. The summed E-state index contributed by atoms with van der Waals surface area (Å²) in [4.78, 5) is 14.7. The van der Waals surface area contributed by atoms with Crippen molar-refractivity contribution in [2.24, 2.45) is 0 Å². The van der Waals surface area contributed by atoms with Crippen LogP contribution in [0.15, 0.2) is 18.3 Å². The van der Waals surface area contributed by atoms with Gasteiger partial charge in [0.05, 0.1) is 13.2 Å². The molecule has 0 saturated carbocycles. The molecule has 1 aromatic heterocycles. The number of ether oxygens (including phenoxy) is 1. The molecule has 0 fully saturated rings. The van der Waals surface area contributed by atoms with Gasteiger partial charge in [0.15, 0.2) is 5.12 Å². The molecule has 0 aliphatic rings. The highest BCUT2D eigenvalue weighted by atomic mass is 32.2. The maximum Gasteiger partial charge on any atom is 0.218 e. The van der Waals surface area contributed by atoms with E-state index in [2.05, 4.69) is 4.98 Å². The number of hydrogen-bond acceptors (Lipinski definition) is 6. The molecule has 6 heteroatoms. The number of hydrogen-bond donors (Lipinski definition) is 2. The van der Waals surface area contributed by atoms with Gasteiger partial charge in [-0.2, -0.15) is 0 Å². The minimum absolute atomic E-state index is 0.00403. The van der Waals surface area contributed by atoms with Gasteiger partial charge in [-0.25, -0.2) is 4.98 Å². The van der Waals surface area contributed by atoms with Gasteiger partial charge >= 0.3 is 0 Å². The van der Waals surface area contributed by atoms with E-state index >= 15 is 0 Å². The Labute approximate surface area is 110 Å². The Morgan fingerprint density at radius 3 is 2.89 bits per heavy atom. The van der Waals surface area contributed by atoms with E-state index in [-0.39, 0.29) is 5.12 Å². The third-order valence-corrected chi connectivity index (χ3v) is 3.24. The largest absolute Gasteiger partial charge is 0.481 e. The monoisotopic (exact) mass is 271 g/mol. The van der Waals surface area contributed by atoms with E-state index in [1.807, 2.05) is 0 Å². The summed E-state index contributed by atoms with van der Waals surface area (Å²) in [6.45, 7) is 1.47. The molecule has 1 heterocycles. The lowest BCUT2D eigenvalue weighted by Gasteiger charge is -2.19. The van der Waals surface area contributed by atoms with Crippen molar-refractivity contribution in [3.8, 4) is 5.88 Å². The number of carbonyl (C=O) groups is 1. The second kappa shape index (κ2) is 7.35. The lowest BCUT2D eigenvalue weighted by atomic mass is 10.0. The highest BCUT2D eigenvalue weighted by Gasteiger charge is 2.22. The molecule has 1 aromatic rings. The van der Waals surface area contributed by atoms with Crippen molar-refractivity contribution >= 4 is 16.9 Å². The highest BCUT2D eigenvalue weighted by molar-refractivity contribution is 8.13. The summed E-state index contributed by atoms with van der Waals surface area (Å²) < 4.78 is 5.02. The number of aliphatic hydroxyl groups excluding tert-OH is 2. The van der Waals surface area contributed by atoms with Crippen LogP contribution in [0.4, 0.5) is 0 Å². The van der Waals surface area contributed by atoms with Crippen LogP contribution in [0.5, 0.6) is 5.88 Å². The summed E-state index contributed by atoms with van der Waals surface area (Å²) in [6, 6.07) is 3.32. The molecule has 0 aliphatic heterocycles. The van der Waals surface area contributed by atoms with Crippen LogP contribution in [0, 0.1) is 0 Å². The quantitative estimate of drug-likeness (QED) is 0.808. The zero-order chi connectivity index (χ0) is 13.5. The smallest absolute Gasteiger partial charge is 0.218 e. The molecule has 5 nitrogen and oxygen atoms in total. The van der Waals surface area contributed by atoms with E-state index in [1.54, 1.807) is 18.3 Å². The Morgan fingerprint density at radius 1 is 1.56 bits per heavy atom. The number of carbonyl (C=O) groups excluding carboxylic acids is 1. The predicted octanol–water partition coefficient (Wildman–Crippen LogP) is 1.15. The number of nitrogens with zero attached hydrogens (tertiary/aromatic N) is 1. The summed E-state index contributed by atoms with van der Waals surface area (Å²) >= 11 is 1.13. The average molecular weight is 271 g/mol. The molecular weight excluding hydrogens is 254 g/mol. The van der Waals surface area contributed by atoms with E-state index in [0.717, 1.165) is 11.8 Å². The number of methoxy groups -OCH3 is 1. The molecule has 0 aromatic carbocycles. The standard InChI is InChI=1S/C12H17NO4S/c1-8(14)18-7-5-10(15)11(16)9-4-3-6-13-12(9)17-2/h3-4,6,10-11,15-16H,5,7H2,1-2H3. The second-order valence-corrected chi connectivity index (χ2v) is 5.01. The Morgan fingerprint density at radius 2 is 2.28 bits per heavy atom. The minimum Gasteiger partial charge on any atom is -0.481 e. The molecule has 0 aliphatic carbocycles. The highest BCUT2D eigenvalue weighted by Crippen LogP contribution is 2.26. The fourth-order valence-electron chi connectivity index (χ4n) is 1.49. The lowest BCUT2D eigenvalue weighted by Crippen LogP contribution is -2.20. The second-order valence-electron chi connectivity index (χ2n) is 3.74. The van der Waals surface area contributed by atoms with E-state index in [1.165, 1.54) is 14.0 Å². The maximum atomic E-state index is 10.8. The fourth-order valence-corrected chi connectivity index (χ4v) is 2.13. The van der Waals surface area contributed by atoms with Crippen LogP contribution in [0.1, 0.15) is 25.0 Å². The number of rotatable bonds is 6. The summed E-state index contributed by atoms with van der Waals surface area (Å²) in [5.74, 6) is 0.763. The molecule has 18 heavy (non-hydrogen) atoms. The molecule has 0 saturated heterocycles. The summed E-state index contributed by atoms with van der Waals surface area (Å²) in [5.41, 5.74) is 0.445. The van der Waals surface area contributed by atoms with Gasteiger partial charge in [-0.05, 0) is 18.6 Å². The van der Waals surface area contributed by atoms with Gasteiger partial charge in [-0.3, -0.25) is 4.79 Å². The first-order chi connectivity index (χ1) is 8.56. The van der Waals surface area contributed by atoms with Crippen LogP contribution in [0.25, 0.3) is 0 Å². The van der Waals surface area contributed by atoms with Crippen molar-refractivity contribution in [1.29, 1.82) is 0 Å². The van der Waals surface area contributed by atoms with E-state index in [0.29, 0.717) is 23.6 Å². The van der Waals surface area contributed by atoms with Crippen molar-refractivity contribution < 1.29 is 19.7 Å². The van der Waals surface area contributed by atoms with Crippen molar-refractivity contribution in [1.82, 2.24) is 4.98 Å². The normalized spacial score (nSPS) is 14.0. The van der Waals surface area contributed by atoms with Crippen LogP contribution in [0.2, 0.25) is 0 Å². The van der Waals surface area contributed by atoms with Crippen molar-refractivity contribution in [3.05, 3.63) is 23.9 Å². The molecule has 2 atom stereocenters. The Bertz CT molecular complexity index is 399. The average Bonchev–Trinajstić information content (AvgIpc) is 2.37.